The first-order chi connectivity index (χ1) is 12.0. The van der Waals surface area contributed by atoms with Crippen LogP contribution in [0, 0.1) is 6.92 Å². The molecule has 0 saturated carbocycles. The lowest BCUT2D eigenvalue weighted by Crippen LogP contribution is -2.41. The second-order valence-corrected chi connectivity index (χ2v) is 8.03. The van der Waals surface area contributed by atoms with E-state index in [4.69, 9.17) is 4.74 Å². The number of rotatable bonds is 4. The van der Waals surface area contributed by atoms with Crippen LogP contribution in [-0.4, -0.2) is 51.4 Å². The number of amides is 1. The van der Waals surface area contributed by atoms with Crippen molar-refractivity contribution in [2.75, 3.05) is 19.6 Å². The number of aromatic nitrogens is 2. The molecule has 0 bridgehead atoms. The highest BCUT2D eigenvalue weighted by atomic mass is 16.6. The molecule has 2 rings (SSSR count). The number of alkyl carbamates (subject to hydrolysis) is 1. The molecular weight excluding hydrogens is 336 g/mol. The molecule has 1 aliphatic heterocycles. The van der Waals surface area contributed by atoms with Crippen LogP contribution in [0.3, 0.4) is 0 Å². The zero-order valence-electron chi connectivity index (χ0n) is 16.5. The molecule has 2 heterocycles. The van der Waals surface area contributed by atoms with Gasteiger partial charge in [0.05, 0.1) is 6.04 Å². The molecule has 2 unspecified atom stereocenters. The largest absolute Gasteiger partial charge is 0.444 e. The van der Waals surface area contributed by atoms with Crippen molar-refractivity contribution in [3.05, 3.63) is 32.6 Å². The van der Waals surface area contributed by atoms with E-state index in [0.29, 0.717) is 25.2 Å². The van der Waals surface area contributed by atoms with Crippen LogP contribution in [0.4, 0.5) is 4.79 Å². The maximum absolute atomic E-state index is 12.4. The van der Waals surface area contributed by atoms with Gasteiger partial charge in [0.15, 0.2) is 0 Å². The number of hydrogen-bond acceptors (Lipinski definition) is 5. The van der Waals surface area contributed by atoms with E-state index >= 15 is 0 Å². The maximum atomic E-state index is 12.4. The number of aryl methyl sites for hydroxylation is 1. The Morgan fingerprint density at radius 3 is 2.62 bits per heavy atom. The van der Waals surface area contributed by atoms with Gasteiger partial charge < -0.3 is 10.1 Å². The Bertz CT molecular complexity index is 775. The highest BCUT2D eigenvalue weighted by Crippen LogP contribution is 2.25. The molecule has 1 amide bonds. The van der Waals surface area contributed by atoms with Gasteiger partial charge in [-0.1, -0.05) is 0 Å². The molecule has 0 spiro atoms. The van der Waals surface area contributed by atoms with E-state index in [2.05, 4.69) is 17.1 Å². The van der Waals surface area contributed by atoms with E-state index in [9.17, 15) is 14.4 Å². The van der Waals surface area contributed by atoms with E-state index in [1.54, 1.807) is 17.7 Å². The highest BCUT2D eigenvalue weighted by Gasteiger charge is 2.31. The summed E-state index contributed by atoms with van der Waals surface area (Å²) in [6, 6.07) is 0.300. The van der Waals surface area contributed by atoms with Crippen LogP contribution in [0.2, 0.25) is 0 Å². The topological polar surface area (TPSA) is 85.6 Å². The van der Waals surface area contributed by atoms with Gasteiger partial charge in [-0.3, -0.25) is 18.8 Å². The Morgan fingerprint density at radius 1 is 1.35 bits per heavy atom. The Labute approximate surface area is 153 Å². The normalized spacial score (nSPS) is 21.0. The van der Waals surface area contributed by atoms with Crippen molar-refractivity contribution in [1.82, 2.24) is 19.4 Å². The van der Waals surface area contributed by atoms with Gasteiger partial charge in [-0.05, 0) is 41.0 Å². The molecule has 1 N–H and O–H groups in total. The minimum atomic E-state index is -0.515. The smallest absolute Gasteiger partial charge is 0.407 e. The van der Waals surface area contributed by atoms with Gasteiger partial charge in [-0.2, -0.15) is 0 Å². The summed E-state index contributed by atoms with van der Waals surface area (Å²) in [4.78, 5) is 38.2. The molecule has 1 aliphatic rings. The Balaban J connectivity index is 1.97. The highest BCUT2D eigenvalue weighted by molar-refractivity contribution is 5.67. The fraction of sp³-hybridized carbons (Fsp3) is 0.722. The Kier molecular flexibility index (Phi) is 5.95. The fourth-order valence-corrected chi connectivity index (χ4v) is 3.30. The zero-order valence-corrected chi connectivity index (χ0v) is 16.5. The monoisotopic (exact) mass is 366 g/mol. The van der Waals surface area contributed by atoms with E-state index in [0.717, 1.165) is 11.0 Å². The van der Waals surface area contributed by atoms with Gasteiger partial charge in [-0.25, -0.2) is 9.59 Å². The number of nitrogens with one attached hydrogen (secondary N) is 1. The summed E-state index contributed by atoms with van der Waals surface area (Å²) < 4.78 is 8.05. The summed E-state index contributed by atoms with van der Waals surface area (Å²) in [5, 5.41) is 2.76. The van der Waals surface area contributed by atoms with Crippen molar-refractivity contribution >= 4 is 6.09 Å². The van der Waals surface area contributed by atoms with Crippen LogP contribution < -0.4 is 16.6 Å². The van der Waals surface area contributed by atoms with E-state index in [-0.39, 0.29) is 23.3 Å². The molecule has 0 aromatic carbocycles. The standard InChI is InChI=1S/C18H30N4O4/c1-12-10-22(17(25)20(6)15(12)23)14-9-13(2)21(11-14)8-7-19-16(24)26-18(3,4)5/h10,13-14H,7-9,11H2,1-6H3,(H,19,24). The van der Waals surface area contributed by atoms with E-state index < -0.39 is 11.7 Å². The van der Waals surface area contributed by atoms with E-state index in [1.807, 2.05) is 20.8 Å². The lowest BCUT2D eigenvalue weighted by molar-refractivity contribution is 0.0521. The van der Waals surface area contributed by atoms with Crippen molar-refractivity contribution in [3.63, 3.8) is 0 Å². The first-order valence-electron chi connectivity index (χ1n) is 8.99. The summed E-state index contributed by atoms with van der Waals surface area (Å²) in [6.45, 7) is 11.2. The lowest BCUT2D eigenvalue weighted by atomic mass is 10.2. The van der Waals surface area contributed by atoms with Crippen LogP contribution in [0.15, 0.2) is 15.8 Å². The molecule has 1 fully saturated rings. The van der Waals surface area contributed by atoms with Crippen molar-refractivity contribution < 1.29 is 9.53 Å². The third kappa shape index (κ3) is 4.75. The molecule has 1 aromatic heterocycles. The summed E-state index contributed by atoms with van der Waals surface area (Å²) in [6.07, 6.45) is 2.06. The van der Waals surface area contributed by atoms with Crippen LogP contribution in [0.5, 0.6) is 0 Å². The molecular formula is C18H30N4O4. The number of hydrogen-bond donors (Lipinski definition) is 1. The second-order valence-electron chi connectivity index (χ2n) is 8.03. The van der Waals surface area contributed by atoms with Crippen molar-refractivity contribution in [3.8, 4) is 0 Å². The van der Waals surface area contributed by atoms with Crippen LogP contribution >= 0.6 is 0 Å². The van der Waals surface area contributed by atoms with Crippen molar-refractivity contribution in [1.29, 1.82) is 0 Å². The van der Waals surface area contributed by atoms with Gasteiger partial charge in [0.1, 0.15) is 5.60 Å². The average molecular weight is 366 g/mol. The molecule has 1 aromatic rings. The van der Waals surface area contributed by atoms with Gasteiger partial charge in [-0.15, -0.1) is 0 Å². The zero-order chi connectivity index (χ0) is 19.6. The Hall–Kier alpha value is -2.09. The summed E-state index contributed by atoms with van der Waals surface area (Å²) in [7, 11) is 1.51. The predicted octanol–water partition coefficient (Wildman–Crippen LogP) is 1.02. The number of ether oxygens (including phenoxy) is 1. The molecule has 1 saturated heterocycles. The minimum Gasteiger partial charge on any atom is -0.444 e. The molecule has 8 heteroatoms. The third-order valence-corrected chi connectivity index (χ3v) is 4.62. The number of likely N-dealkylation sites (tertiary alicyclic amines) is 1. The van der Waals surface area contributed by atoms with Gasteiger partial charge in [0, 0.05) is 44.5 Å². The molecule has 0 radical (unpaired) electrons. The van der Waals surface area contributed by atoms with Crippen LogP contribution in [0.25, 0.3) is 0 Å². The molecule has 2 atom stereocenters. The number of carbonyl (C=O) groups excluding carboxylic acids is 1. The van der Waals surface area contributed by atoms with Crippen LogP contribution in [-0.2, 0) is 11.8 Å². The van der Waals surface area contributed by atoms with Gasteiger partial charge >= 0.3 is 11.8 Å². The molecule has 146 valence electrons. The summed E-state index contributed by atoms with van der Waals surface area (Å²) in [5.41, 5.74) is -0.495. The Morgan fingerprint density at radius 2 is 2.00 bits per heavy atom. The first kappa shape index (κ1) is 20.2. The van der Waals surface area contributed by atoms with Gasteiger partial charge in [0.25, 0.3) is 5.56 Å². The first-order valence-corrected chi connectivity index (χ1v) is 8.99. The second kappa shape index (κ2) is 7.65. The molecule has 0 aliphatic carbocycles. The SMILES string of the molecule is Cc1cn(C2CC(C)N(CCNC(=O)OC(C)(C)C)C2)c(=O)n(C)c1=O. The minimum absolute atomic E-state index is 0.0181. The third-order valence-electron chi connectivity index (χ3n) is 4.62. The summed E-state index contributed by atoms with van der Waals surface area (Å²) >= 11 is 0. The van der Waals surface area contributed by atoms with Crippen molar-refractivity contribution in [2.45, 2.75) is 58.7 Å². The molecule has 8 nitrogen and oxygen atoms in total. The van der Waals surface area contributed by atoms with Crippen molar-refractivity contribution in [2.24, 2.45) is 7.05 Å². The average Bonchev–Trinajstić information content (AvgIpc) is 2.88. The lowest BCUT2D eigenvalue weighted by Gasteiger charge is -2.23. The van der Waals surface area contributed by atoms with Gasteiger partial charge in [0.2, 0.25) is 0 Å². The maximum Gasteiger partial charge on any atom is 0.407 e. The molecule has 26 heavy (non-hydrogen) atoms. The summed E-state index contributed by atoms with van der Waals surface area (Å²) in [5.74, 6) is 0. The van der Waals surface area contributed by atoms with Crippen LogP contribution in [0.1, 0.15) is 45.7 Å². The van der Waals surface area contributed by atoms with E-state index in [1.165, 1.54) is 7.05 Å². The predicted molar refractivity (Wildman–Crippen MR) is 99.6 cm³/mol. The fourth-order valence-electron chi connectivity index (χ4n) is 3.30. The quantitative estimate of drug-likeness (QED) is 0.860. The number of nitrogens with zero attached hydrogens (tertiary/aromatic N) is 3. The number of carbonyl (C=O) groups is 1.